The molecule has 0 unspecified atom stereocenters. The highest BCUT2D eigenvalue weighted by atomic mass is 35.5. The van der Waals surface area contributed by atoms with Crippen molar-refractivity contribution in [3.63, 3.8) is 0 Å². The average molecular weight is 437 g/mol. The van der Waals surface area contributed by atoms with Gasteiger partial charge in [0.05, 0.1) is 17.8 Å². The summed E-state index contributed by atoms with van der Waals surface area (Å²) in [6.07, 6.45) is 1.08. The van der Waals surface area contributed by atoms with Gasteiger partial charge in [0, 0.05) is 18.7 Å². The van der Waals surface area contributed by atoms with Gasteiger partial charge in [-0.3, -0.25) is 9.52 Å². The van der Waals surface area contributed by atoms with Crippen LogP contribution < -0.4 is 9.46 Å². The molecule has 3 rings (SSSR count). The van der Waals surface area contributed by atoms with Crippen LogP contribution in [0.4, 0.5) is 5.69 Å². The zero-order valence-corrected chi connectivity index (χ0v) is 18.3. The second-order valence-electron chi connectivity index (χ2n) is 7.61. The first kappa shape index (κ1) is 21.5. The molecule has 29 heavy (non-hydrogen) atoms. The van der Waals surface area contributed by atoms with Crippen molar-refractivity contribution in [2.45, 2.75) is 25.2 Å². The molecule has 2 atom stereocenters. The smallest absolute Gasteiger partial charge is 0.263 e. The van der Waals surface area contributed by atoms with Crippen molar-refractivity contribution in [3.8, 4) is 5.75 Å². The van der Waals surface area contributed by atoms with Crippen molar-refractivity contribution in [2.75, 3.05) is 24.9 Å². The van der Waals surface area contributed by atoms with Crippen molar-refractivity contribution < 1.29 is 17.9 Å². The Bertz CT molecular complexity index is 999. The zero-order valence-electron chi connectivity index (χ0n) is 16.7. The zero-order chi connectivity index (χ0) is 21.2. The number of halogens is 1. The monoisotopic (exact) mass is 436 g/mol. The summed E-state index contributed by atoms with van der Waals surface area (Å²) in [4.78, 5) is 14.6. The van der Waals surface area contributed by atoms with Crippen LogP contribution in [0.2, 0.25) is 5.02 Å². The Labute approximate surface area is 176 Å². The molecule has 1 N–H and O–H groups in total. The largest absolute Gasteiger partial charge is 0.495 e. The second-order valence-corrected chi connectivity index (χ2v) is 9.67. The molecule has 156 valence electrons. The highest BCUT2D eigenvalue weighted by Crippen LogP contribution is 2.30. The fraction of sp³-hybridized carbons (Fsp3) is 0.381. The predicted octanol–water partition coefficient (Wildman–Crippen LogP) is 4.27. The van der Waals surface area contributed by atoms with Crippen molar-refractivity contribution in [2.24, 2.45) is 11.8 Å². The van der Waals surface area contributed by atoms with Crippen LogP contribution in [0, 0.1) is 11.8 Å². The number of piperidine rings is 1. The van der Waals surface area contributed by atoms with Crippen molar-refractivity contribution in [3.05, 3.63) is 53.1 Å². The summed E-state index contributed by atoms with van der Waals surface area (Å²) in [6.45, 7) is 5.55. The number of amides is 1. The highest BCUT2D eigenvalue weighted by molar-refractivity contribution is 7.92. The van der Waals surface area contributed by atoms with E-state index in [0.717, 1.165) is 6.42 Å². The van der Waals surface area contributed by atoms with Crippen LogP contribution in [0.3, 0.4) is 0 Å². The summed E-state index contributed by atoms with van der Waals surface area (Å²) in [5.41, 5.74) is 0.595. The summed E-state index contributed by atoms with van der Waals surface area (Å²) in [5.74, 6) is 1.01. The van der Waals surface area contributed by atoms with Gasteiger partial charge in [-0.15, -0.1) is 0 Å². The third-order valence-electron chi connectivity index (χ3n) is 4.98. The van der Waals surface area contributed by atoms with Gasteiger partial charge in [-0.25, -0.2) is 8.42 Å². The minimum atomic E-state index is -4.02. The van der Waals surface area contributed by atoms with Crippen LogP contribution in [0.15, 0.2) is 47.4 Å². The molecule has 1 amide bonds. The van der Waals surface area contributed by atoms with Gasteiger partial charge in [-0.05, 0) is 48.6 Å². The lowest BCUT2D eigenvalue weighted by Gasteiger charge is -2.35. The number of para-hydroxylation sites is 2. The van der Waals surface area contributed by atoms with Crippen LogP contribution in [0.1, 0.15) is 30.6 Å². The fourth-order valence-corrected chi connectivity index (χ4v) is 5.38. The molecule has 0 saturated carbocycles. The second kappa shape index (κ2) is 8.63. The van der Waals surface area contributed by atoms with Crippen LogP contribution in [0.25, 0.3) is 0 Å². The number of nitrogens with zero attached hydrogens (tertiary/aromatic N) is 1. The summed E-state index contributed by atoms with van der Waals surface area (Å²) in [5, 5.41) is 0.0457. The van der Waals surface area contributed by atoms with E-state index in [-0.39, 0.29) is 15.8 Å². The van der Waals surface area contributed by atoms with Crippen molar-refractivity contribution in [1.82, 2.24) is 4.90 Å². The molecule has 8 heteroatoms. The lowest BCUT2D eigenvalue weighted by molar-refractivity contribution is 0.0623. The quantitative estimate of drug-likeness (QED) is 0.759. The maximum Gasteiger partial charge on any atom is 0.263 e. The van der Waals surface area contributed by atoms with Gasteiger partial charge in [0.25, 0.3) is 15.9 Å². The molecule has 0 bridgehead atoms. The number of anilines is 1. The van der Waals surface area contributed by atoms with E-state index in [4.69, 9.17) is 16.3 Å². The van der Waals surface area contributed by atoms with Gasteiger partial charge in [-0.2, -0.15) is 0 Å². The molecule has 6 nitrogen and oxygen atoms in total. The minimum Gasteiger partial charge on any atom is -0.495 e. The lowest BCUT2D eigenvalue weighted by atomic mass is 9.91. The fourth-order valence-electron chi connectivity index (χ4n) is 3.78. The number of hydrogen-bond acceptors (Lipinski definition) is 4. The molecule has 2 aromatic carbocycles. The summed E-state index contributed by atoms with van der Waals surface area (Å²) in [6, 6.07) is 11.0. The number of carbonyl (C=O) groups is 1. The van der Waals surface area contributed by atoms with E-state index in [1.54, 1.807) is 35.2 Å². The van der Waals surface area contributed by atoms with Crippen molar-refractivity contribution >= 4 is 33.2 Å². The Morgan fingerprint density at radius 2 is 1.79 bits per heavy atom. The maximum absolute atomic E-state index is 13.0. The summed E-state index contributed by atoms with van der Waals surface area (Å²) >= 11 is 6.18. The maximum atomic E-state index is 13.0. The molecule has 0 spiro atoms. The van der Waals surface area contributed by atoms with Gasteiger partial charge in [0.15, 0.2) is 0 Å². The number of ether oxygens (including phenoxy) is 1. The molecular weight excluding hydrogens is 412 g/mol. The molecule has 0 aliphatic carbocycles. The van der Waals surface area contributed by atoms with E-state index in [9.17, 15) is 13.2 Å². The normalized spacial score (nSPS) is 19.7. The van der Waals surface area contributed by atoms with Crippen LogP contribution in [0.5, 0.6) is 5.75 Å². The Hall–Kier alpha value is -2.25. The summed E-state index contributed by atoms with van der Waals surface area (Å²) in [7, 11) is -2.56. The van der Waals surface area contributed by atoms with Gasteiger partial charge >= 0.3 is 0 Å². The molecule has 1 fully saturated rings. The number of likely N-dealkylation sites (tertiary alicyclic amines) is 1. The Balaban J connectivity index is 1.91. The molecule has 2 aromatic rings. The minimum absolute atomic E-state index is 0.0457. The molecular formula is C21H25ClN2O4S. The van der Waals surface area contributed by atoms with E-state index >= 15 is 0 Å². The topological polar surface area (TPSA) is 75.7 Å². The highest BCUT2D eigenvalue weighted by Gasteiger charge is 2.28. The van der Waals surface area contributed by atoms with Gasteiger partial charge in [0.1, 0.15) is 10.6 Å². The predicted molar refractivity (Wildman–Crippen MR) is 114 cm³/mol. The number of carbonyl (C=O) groups excluding carboxylic acids is 1. The van der Waals surface area contributed by atoms with E-state index < -0.39 is 10.0 Å². The number of rotatable bonds is 5. The van der Waals surface area contributed by atoms with Crippen LogP contribution in [-0.2, 0) is 10.0 Å². The third kappa shape index (κ3) is 4.85. The molecule has 1 aliphatic rings. The van der Waals surface area contributed by atoms with Gasteiger partial charge in [-0.1, -0.05) is 37.6 Å². The molecule has 0 radical (unpaired) electrons. The first-order valence-electron chi connectivity index (χ1n) is 9.46. The molecule has 1 aliphatic heterocycles. The lowest BCUT2D eigenvalue weighted by Crippen LogP contribution is -2.42. The average Bonchev–Trinajstić information content (AvgIpc) is 2.67. The van der Waals surface area contributed by atoms with E-state index in [1.165, 1.54) is 19.2 Å². The number of hydrogen-bond donors (Lipinski definition) is 1. The first-order chi connectivity index (χ1) is 13.7. The van der Waals surface area contributed by atoms with Crippen LogP contribution in [-0.4, -0.2) is 39.4 Å². The third-order valence-corrected chi connectivity index (χ3v) is 6.82. The standard InChI is InChI=1S/C21H25ClN2O4S/c1-14-10-15(2)13-24(12-14)21(25)16-8-9-17(22)20(11-16)29(26,27)23-18-6-4-5-7-19(18)28-3/h4-9,11,14-15,23H,10,12-13H2,1-3H3/t14-,15-/m0/s1. The van der Waals surface area contributed by atoms with E-state index in [2.05, 4.69) is 18.6 Å². The first-order valence-corrected chi connectivity index (χ1v) is 11.3. The Morgan fingerprint density at radius 1 is 1.14 bits per heavy atom. The molecule has 1 saturated heterocycles. The van der Waals surface area contributed by atoms with Crippen LogP contribution >= 0.6 is 11.6 Å². The van der Waals surface area contributed by atoms with Gasteiger partial charge < -0.3 is 9.64 Å². The number of methoxy groups -OCH3 is 1. The van der Waals surface area contributed by atoms with Crippen molar-refractivity contribution in [1.29, 1.82) is 0 Å². The van der Waals surface area contributed by atoms with E-state index in [1.807, 2.05) is 0 Å². The number of sulfonamides is 1. The summed E-state index contributed by atoms with van der Waals surface area (Å²) < 4.78 is 33.6. The SMILES string of the molecule is COc1ccccc1NS(=O)(=O)c1cc(C(=O)N2C[C@@H](C)C[C@H](C)C2)ccc1Cl. The Morgan fingerprint density at radius 3 is 2.45 bits per heavy atom. The molecule has 0 aromatic heterocycles. The molecule has 1 heterocycles. The number of benzene rings is 2. The van der Waals surface area contributed by atoms with E-state index in [0.29, 0.717) is 41.9 Å². The Kier molecular flexibility index (Phi) is 6.39. The number of nitrogens with one attached hydrogen (secondary N) is 1. The van der Waals surface area contributed by atoms with Gasteiger partial charge in [0.2, 0.25) is 0 Å².